The molecule has 1 aromatic carbocycles. The smallest absolute Gasteiger partial charge is 0.406 e. The van der Waals surface area contributed by atoms with Crippen LogP contribution in [0, 0.1) is 0 Å². The van der Waals surface area contributed by atoms with Gasteiger partial charge in [-0.3, -0.25) is 10.3 Å². The van der Waals surface area contributed by atoms with Crippen LogP contribution in [0.2, 0.25) is 0 Å². The van der Waals surface area contributed by atoms with Crippen LogP contribution in [0.5, 0.6) is 5.75 Å². The Morgan fingerprint density at radius 3 is 2.70 bits per heavy atom. The number of halogens is 3. The fourth-order valence-electron chi connectivity index (χ4n) is 2.37. The van der Waals surface area contributed by atoms with Gasteiger partial charge in [-0.15, -0.1) is 13.2 Å². The van der Waals surface area contributed by atoms with Gasteiger partial charge in [-0.1, -0.05) is 0 Å². The van der Waals surface area contributed by atoms with Crippen LogP contribution >= 0.6 is 0 Å². The first-order valence-corrected chi connectivity index (χ1v) is 8.45. The van der Waals surface area contributed by atoms with Gasteiger partial charge < -0.3 is 26.0 Å². The molecule has 0 saturated heterocycles. The minimum absolute atomic E-state index is 0.0107. The summed E-state index contributed by atoms with van der Waals surface area (Å²) in [6.07, 6.45) is -1.98. The van der Waals surface area contributed by atoms with Gasteiger partial charge in [0, 0.05) is 18.3 Å². The molecule has 1 aliphatic rings. The molecule has 2 unspecified atom stereocenters. The van der Waals surface area contributed by atoms with Crippen LogP contribution in [0.25, 0.3) is 0 Å². The molecule has 1 aromatic rings. The molecule has 0 aliphatic carbocycles. The van der Waals surface area contributed by atoms with Crippen molar-refractivity contribution >= 4 is 17.9 Å². The van der Waals surface area contributed by atoms with E-state index in [0.29, 0.717) is 12.1 Å². The Bertz CT molecular complexity index is 624. The zero-order valence-electron chi connectivity index (χ0n) is 14.8. The lowest BCUT2D eigenvalue weighted by Crippen LogP contribution is -2.56. The number of urea groups is 1. The highest BCUT2D eigenvalue weighted by Crippen LogP contribution is 2.23. The number of carbonyl (C=O) groups excluding carboxylic acids is 1. The molecule has 8 nitrogen and oxygen atoms in total. The first kappa shape index (κ1) is 20.9. The van der Waals surface area contributed by atoms with E-state index < -0.39 is 18.7 Å². The lowest BCUT2D eigenvalue weighted by molar-refractivity contribution is -0.274. The van der Waals surface area contributed by atoms with Crippen molar-refractivity contribution in [1.82, 2.24) is 21.3 Å². The molecule has 0 bridgehead atoms. The van der Waals surface area contributed by atoms with E-state index in [1.54, 1.807) is 6.21 Å². The third kappa shape index (κ3) is 8.24. The number of amides is 2. The minimum Gasteiger partial charge on any atom is -0.406 e. The van der Waals surface area contributed by atoms with Crippen LogP contribution in [0.4, 0.5) is 23.7 Å². The molecule has 1 heterocycles. The standard InChI is InChI=1S/C16H23F3N6O2/c1-20-8-2-9-21-13-7-10-22-14(24-13)25-15(26)23-11-3-5-12(6-4-11)27-16(17,18)19/h3-6,10,13-14,20-21,24H,2,7-9H2,1H3,(H2,23,25,26). The maximum absolute atomic E-state index is 12.1. The highest BCUT2D eigenvalue weighted by Gasteiger charge is 2.31. The van der Waals surface area contributed by atoms with Crippen LogP contribution in [0.15, 0.2) is 29.3 Å². The Labute approximate surface area is 154 Å². The molecule has 2 atom stereocenters. The summed E-state index contributed by atoms with van der Waals surface area (Å²) < 4.78 is 40.2. The summed E-state index contributed by atoms with van der Waals surface area (Å²) in [6, 6.07) is 4.32. The Kier molecular flexibility index (Phi) is 7.82. The molecule has 0 spiro atoms. The number of nitrogens with one attached hydrogen (secondary N) is 5. The second-order valence-electron chi connectivity index (χ2n) is 5.77. The van der Waals surface area contributed by atoms with E-state index in [9.17, 15) is 18.0 Å². The number of nitrogens with zero attached hydrogens (tertiary/aromatic N) is 1. The zero-order valence-corrected chi connectivity index (χ0v) is 14.8. The topological polar surface area (TPSA) is 98.8 Å². The van der Waals surface area contributed by atoms with Crippen molar-refractivity contribution < 1.29 is 22.7 Å². The molecular formula is C16H23F3N6O2. The predicted molar refractivity (Wildman–Crippen MR) is 95.6 cm³/mol. The lowest BCUT2D eigenvalue weighted by Gasteiger charge is -2.27. The average Bonchev–Trinajstić information content (AvgIpc) is 2.59. The van der Waals surface area contributed by atoms with E-state index in [0.717, 1.165) is 31.6 Å². The number of carbonyl (C=O) groups is 1. The first-order valence-electron chi connectivity index (χ1n) is 8.45. The van der Waals surface area contributed by atoms with Gasteiger partial charge in [0.1, 0.15) is 5.75 Å². The normalized spacial score (nSPS) is 19.6. The summed E-state index contributed by atoms with van der Waals surface area (Å²) in [7, 11) is 1.89. The quantitative estimate of drug-likeness (QED) is 0.436. The highest BCUT2D eigenvalue weighted by molar-refractivity contribution is 5.89. The van der Waals surface area contributed by atoms with Gasteiger partial charge in [0.2, 0.25) is 0 Å². The SMILES string of the molecule is CNCCCNC1CC=NC(NC(=O)Nc2ccc(OC(F)(F)F)cc2)N1. The van der Waals surface area contributed by atoms with Crippen molar-refractivity contribution in [2.75, 3.05) is 25.5 Å². The first-order chi connectivity index (χ1) is 12.9. The number of hydrogen-bond acceptors (Lipinski definition) is 6. The summed E-state index contributed by atoms with van der Waals surface area (Å²) in [5.41, 5.74) is 0.323. The van der Waals surface area contributed by atoms with Gasteiger partial charge in [-0.2, -0.15) is 0 Å². The second-order valence-corrected chi connectivity index (χ2v) is 5.77. The Morgan fingerprint density at radius 2 is 2.04 bits per heavy atom. The Hall–Kier alpha value is -2.37. The number of anilines is 1. The van der Waals surface area contributed by atoms with Crippen LogP contribution < -0.4 is 31.3 Å². The molecule has 2 amide bonds. The molecule has 150 valence electrons. The number of alkyl halides is 3. The van der Waals surface area contributed by atoms with E-state index in [2.05, 4.69) is 36.3 Å². The van der Waals surface area contributed by atoms with E-state index >= 15 is 0 Å². The molecular weight excluding hydrogens is 365 g/mol. The van der Waals surface area contributed by atoms with Crippen molar-refractivity contribution in [2.24, 2.45) is 4.99 Å². The maximum Gasteiger partial charge on any atom is 0.573 e. The van der Waals surface area contributed by atoms with Crippen molar-refractivity contribution in [2.45, 2.75) is 31.7 Å². The molecule has 0 saturated carbocycles. The van der Waals surface area contributed by atoms with Gasteiger partial charge in [0.25, 0.3) is 0 Å². The molecule has 0 aromatic heterocycles. The van der Waals surface area contributed by atoms with E-state index in [1.807, 2.05) is 7.05 Å². The molecule has 5 N–H and O–H groups in total. The average molecular weight is 388 g/mol. The largest absolute Gasteiger partial charge is 0.573 e. The van der Waals surface area contributed by atoms with Crippen LogP contribution in [-0.4, -0.2) is 51.2 Å². The number of benzene rings is 1. The van der Waals surface area contributed by atoms with Crippen LogP contribution in [0.3, 0.4) is 0 Å². The number of ether oxygens (including phenoxy) is 1. The van der Waals surface area contributed by atoms with Crippen molar-refractivity contribution in [3.8, 4) is 5.75 Å². The molecule has 0 fully saturated rings. The van der Waals surface area contributed by atoms with Gasteiger partial charge in [-0.05, 0) is 50.8 Å². The fraction of sp³-hybridized carbons (Fsp3) is 0.500. The summed E-state index contributed by atoms with van der Waals surface area (Å²) in [5, 5.41) is 14.7. The second kappa shape index (κ2) is 10.1. The number of hydrogen-bond donors (Lipinski definition) is 5. The summed E-state index contributed by atoms with van der Waals surface area (Å²) in [5.74, 6) is -0.362. The Morgan fingerprint density at radius 1 is 1.30 bits per heavy atom. The third-order valence-corrected chi connectivity index (χ3v) is 3.56. The summed E-state index contributed by atoms with van der Waals surface area (Å²) >= 11 is 0. The van der Waals surface area contributed by atoms with Crippen molar-refractivity contribution in [1.29, 1.82) is 0 Å². The fourth-order valence-corrected chi connectivity index (χ4v) is 2.37. The lowest BCUT2D eigenvalue weighted by atomic mass is 10.3. The van der Waals surface area contributed by atoms with Crippen molar-refractivity contribution in [3.05, 3.63) is 24.3 Å². The van der Waals surface area contributed by atoms with Crippen LogP contribution in [0.1, 0.15) is 12.8 Å². The monoisotopic (exact) mass is 388 g/mol. The van der Waals surface area contributed by atoms with E-state index in [-0.39, 0.29) is 11.9 Å². The number of rotatable bonds is 8. The van der Waals surface area contributed by atoms with Gasteiger partial charge >= 0.3 is 12.4 Å². The molecule has 0 radical (unpaired) electrons. The van der Waals surface area contributed by atoms with E-state index in [4.69, 9.17) is 0 Å². The van der Waals surface area contributed by atoms with Gasteiger partial charge in [0.15, 0.2) is 6.29 Å². The van der Waals surface area contributed by atoms with Crippen LogP contribution in [-0.2, 0) is 0 Å². The van der Waals surface area contributed by atoms with Gasteiger partial charge in [0.05, 0.1) is 6.17 Å². The minimum atomic E-state index is -4.76. The third-order valence-electron chi connectivity index (χ3n) is 3.56. The summed E-state index contributed by atoms with van der Waals surface area (Å²) in [4.78, 5) is 16.2. The Balaban J connectivity index is 1.76. The molecule has 27 heavy (non-hydrogen) atoms. The van der Waals surface area contributed by atoms with Gasteiger partial charge in [-0.25, -0.2) is 4.79 Å². The van der Waals surface area contributed by atoms with E-state index in [1.165, 1.54) is 12.1 Å². The molecule has 1 aliphatic heterocycles. The maximum atomic E-state index is 12.1. The molecule has 11 heteroatoms. The highest BCUT2D eigenvalue weighted by atomic mass is 19.4. The molecule has 2 rings (SSSR count). The predicted octanol–water partition coefficient (Wildman–Crippen LogP) is 1.58. The number of aliphatic imine (C=N–C) groups is 1. The summed E-state index contributed by atoms with van der Waals surface area (Å²) in [6.45, 7) is 1.72. The zero-order chi connectivity index (χ0) is 19.7. The van der Waals surface area contributed by atoms with Crippen molar-refractivity contribution in [3.63, 3.8) is 0 Å².